The van der Waals surface area contributed by atoms with E-state index >= 15 is 0 Å². The maximum Gasteiger partial charge on any atom is 0.291 e. The van der Waals surface area contributed by atoms with Crippen molar-refractivity contribution in [3.63, 3.8) is 0 Å². The highest BCUT2D eigenvalue weighted by Crippen LogP contribution is 2.01. The minimum atomic E-state index is -0.976. The van der Waals surface area contributed by atoms with Gasteiger partial charge < -0.3 is 5.73 Å². The van der Waals surface area contributed by atoms with Crippen molar-refractivity contribution in [1.82, 2.24) is 5.01 Å². The number of nitro groups is 1. The fraction of sp³-hybridized carbons (Fsp3) is 0.222. The second-order valence-electron chi connectivity index (χ2n) is 3.14. The molecule has 1 aromatic rings. The molecule has 0 bridgehead atoms. The van der Waals surface area contributed by atoms with Gasteiger partial charge in [-0.2, -0.15) is 5.01 Å². The third-order valence-corrected chi connectivity index (χ3v) is 2.00. The maximum atomic E-state index is 10.4. The molecule has 0 saturated carbocycles. The van der Waals surface area contributed by atoms with Gasteiger partial charge in [-0.15, -0.1) is 4.91 Å². The zero-order valence-corrected chi connectivity index (χ0v) is 8.89. The highest BCUT2D eigenvalue weighted by molar-refractivity contribution is 5.76. The Morgan fingerprint density at radius 1 is 1.41 bits per heavy atom. The molecule has 0 atom stereocenters. The molecule has 0 aliphatic carbocycles. The summed E-state index contributed by atoms with van der Waals surface area (Å²) in [6, 6.07) is 9.29. The summed E-state index contributed by atoms with van der Waals surface area (Å²) >= 11 is 0. The Morgan fingerprint density at radius 2 is 2.06 bits per heavy atom. The first-order valence-electron chi connectivity index (χ1n) is 4.76. The molecule has 0 fully saturated rings. The molecule has 0 aliphatic rings. The Morgan fingerprint density at radius 3 is 2.59 bits per heavy atom. The number of nitrogens with zero attached hydrogens (tertiary/aromatic N) is 4. The van der Waals surface area contributed by atoms with E-state index in [-0.39, 0.29) is 6.54 Å². The normalized spacial score (nSPS) is 10.9. The van der Waals surface area contributed by atoms with Crippen molar-refractivity contribution in [2.75, 3.05) is 6.54 Å². The molecule has 8 heteroatoms. The number of hydrazone groups is 1. The fourth-order valence-electron chi connectivity index (χ4n) is 1.21. The highest BCUT2D eigenvalue weighted by atomic mass is 16.7. The third-order valence-electron chi connectivity index (χ3n) is 2.00. The van der Waals surface area contributed by atoms with Gasteiger partial charge in [0.1, 0.15) is 5.10 Å². The van der Waals surface area contributed by atoms with Gasteiger partial charge in [0.15, 0.2) is 5.03 Å². The highest BCUT2D eigenvalue weighted by Gasteiger charge is 2.11. The minimum absolute atomic E-state index is 0.136. The Labute approximate surface area is 96.8 Å². The van der Waals surface area contributed by atoms with Crippen LogP contribution in [-0.4, -0.2) is 22.5 Å². The van der Waals surface area contributed by atoms with Crippen molar-refractivity contribution < 1.29 is 5.03 Å². The molecule has 0 amide bonds. The maximum absolute atomic E-state index is 10.4. The number of rotatable bonds is 5. The van der Waals surface area contributed by atoms with E-state index in [1.807, 2.05) is 30.3 Å². The molecule has 2 N–H and O–H groups in total. The molecule has 0 aromatic heterocycles. The van der Waals surface area contributed by atoms with E-state index in [4.69, 9.17) is 5.73 Å². The van der Waals surface area contributed by atoms with Crippen LogP contribution in [0.15, 0.2) is 40.7 Å². The zero-order chi connectivity index (χ0) is 12.7. The minimum Gasteiger partial charge on any atom is -0.363 e. The SMILES string of the molecule is NC(=N[N+](=O)[O-])N(CCc1ccccc1)N=O. The average molecular weight is 237 g/mol. The summed E-state index contributed by atoms with van der Waals surface area (Å²) in [6.07, 6.45) is 0.487. The Balaban J connectivity index is 2.59. The molecular weight excluding hydrogens is 226 g/mol. The first-order valence-corrected chi connectivity index (χ1v) is 4.76. The molecule has 0 radical (unpaired) electrons. The number of hydrogen-bond acceptors (Lipinski definition) is 4. The number of guanidine groups is 1. The first-order chi connectivity index (χ1) is 8.13. The van der Waals surface area contributed by atoms with E-state index in [1.54, 1.807) is 0 Å². The van der Waals surface area contributed by atoms with Crippen LogP contribution in [0.3, 0.4) is 0 Å². The zero-order valence-electron chi connectivity index (χ0n) is 8.89. The van der Waals surface area contributed by atoms with Gasteiger partial charge in [0.25, 0.3) is 5.96 Å². The van der Waals surface area contributed by atoms with Crippen molar-refractivity contribution in [3.05, 3.63) is 50.9 Å². The van der Waals surface area contributed by atoms with Crippen LogP contribution in [0.25, 0.3) is 0 Å². The molecule has 0 heterocycles. The van der Waals surface area contributed by atoms with Crippen LogP contribution in [0.5, 0.6) is 0 Å². The lowest BCUT2D eigenvalue weighted by Crippen LogP contribution is -2.35. The number of hydrogen-bond donors (Lipinski definition) is 1. The van der Waals surface area contributed by atoms with E-state index in [9.17, 15) is 15.0 Å². The number of benzene rings is 1. The summed E-state index contributed by atoms with van der Waals surface area (Å²) in [5.74, 6) is -0.527. The van der Waals surface area contributed by atoms with Crippen molar-refractivity contribution in [1.29, 1.82) is 0 Å². The summed E-state index contributed by atoms with van der Waals surface area (Å²) in [7, 11) is 0. The lowest BCUT2D eigenvalue weighted by Gasteiger charge is -2.11. The molecule has 90 valence electrons. The van der Waals surface area contributed by atoms with Gasteiger partial charge in [0.2, 0.25) is 0 Å². The van der Waals surface area contributed by atoms with Gasteiger partial charge in [-0.3, -0.25) is 0 Å². The fourth-order valence-corrected chi connectivity index (χ4v) is 1.21. The number of nitrogens with two attached hydrogens (primary N) is 1. The molecular formula is C9H11N5O3. The lowest BCUT2D eigenvalue weighted by atomic mass is 10.1. The largest absolute Gasteiger partial charge is 0.363 e. The van der Waals surface area contributed by atoms with Gasteiger partial charge >= 0.3 is 0 Å². The molecule has 0 saturated heterocycles. The molecule has 0 spiro atoms. The average Bonchev–Trinajstić information content (AvgIpc) is 2.30. The standard InChI is InChI=1S/C9H11N5O3/c10-9(11-14(16)17)13(12-15)7-6-8-4-2-1-3-5-8/h1-5H,6-7H2,(H2,10,11). The summed E-state index contributed by atoms with van der Waals surface area (Å²) in [6.45, 7) is 0.136. The van der Waals surface area contributed by atoms with Gasteiger partial charge in [0, 0.05) is 0 Å². The van der Waals surface area contributed by atoms with Crippen LogP contribution in [0.1, 0.15) is 5.56 Å². The van der Waals surface area contributed by atoms with Gasteiger partial charge in [-0.05, 0) is 12.0 Å². The third kappa shape index (κ3) is 4.24. The Kier molecular flexibility index (Phi) is 4.55. The second-order valence-corrected chi connectivity index (χ2v) is 3.14. The monoisotopic (exact) mass is 237 g/mol. The molecule has 1 rings (SSSR count). The lowest BCUT2D eigenvalue weighted by molar-refractivity contribution is -0.485. The van der Waals surface area contributed by atoms with Gasteiger partial charge in [0.05, 0.1) is 11.8 Å². The predicted molar refractivity (Wildman–Crippen MR) is 61.3 cm³/mol. The van der Waals surface area contributed by atoms with Crippen LogP contribution in [0.2, 0.25) is 0 Å². The molecule has 0 unspecified atom stereocenters. The van der Waals surface area contributed by atoms with Gasteiger partial charge in [-0.1, -0.05) is 30.3 Å². The van der Waals surface area contributed by atoms with Crippen LogP contribution in [0.4, 0.5) is 0 Å². The van der Waals surface area contributed by atoms with Crippen molar-refractivity contribution in [2.45, 2.75) is 6.42 Å². The van der Waals surface area contributed by atoms with E-state index < -0.39 is 11.0 Å². The molecule has 17 heavy (non-hydrogen) atoms. The summed E-state index contributed by atoms with van der Waals surface area (Å²) in [5, 5.41) is 15.2. The number of nitroso groups, excluding NO2 is 1. The van der Waals surface area contributed by atoms with E-state index in [2.05, 4.69) is 10.4 Å². The smallest absolute Gasteiger partial charge is 0.291 e. The Hall–Kier alpha value is -2.51. The van der Waals surface area contributed by atoms with Crippen LogP contribution in [0, 0.1) is 15.0 Å². The molecule has 0 aliphatic heterocycles. The predicted octanol–water partition coefficient (Wildman–Crippen LogP) is 0.719. The van der Waals surface area contributed by atoms with Crippen LogP contribution in [-0.2, 0) is 6.42 Å². The second kappa shape index (κ2) is 6.16. The van der Waals surface area contributed by atoms with E-state index in [0.29, 0.717) is 6.42 Å². The van der Waals surface area contributed by atoms with Gasteiger partial charge in [-0.25, -0.2) is 10.1 Å². The quantitative estimate of drug-likeness (QED) is 0.266. The van der Waals surface area contributed by atoms with E-state index in [1.165, 1.54) is 0 Å². The van der Waals surface area contributed by atoms with Crippen molar-refractivity contribution in [2.24, 2.45) is 16.1 Å². The Bertz CT molecular complexity index is 420. The summed E-state index contributed by atoms with van der Waals surface area (Å²) in [5.41, 5.74) is 6.20. The molecule has 8 nitrogen and oxygen atoms in total. The molecule has 1 aromatic carbocycles. The van der Waals surface area contributed by atoms with E-state index in [0.717, 1.165) is 10.6 Å². The first kappa shape index (κ1) is 12.6. The van der Waals surface area contributed by atoms with Crippen LogP contribution >= 0.6 is 0 Å². The topological polar surface area (TPSA) is 114 Å². The summed E-state index contributed by atoms with van der Waals surface area (Å²) in [4.78, 5) is 20.5. The van der Waals surface area contributed by atoms with Crippen molar-refractivity contribution >= 4 is 5.96 Å². The van der Waals surface area contributed by atoms with Crippen LogP contribution < -0.4 is 5.73 Å². The summed E-state index contributed by atoms with van der Waals surface area (Å²) < 4.78 is 0. The van der Waals surface area contributed by atoms with Crippen molar-refractivity contribution in [3.8, 4) is 0 Å².